The van der Waals surface area contributed by atoms with Gasteiger partial charge in [0.05, 0.1) is 5.69 Å². The lowest BCUT2D eigenvalue weighted by atomic mass is 10.1. The molecule has 100 valence electrons. The Bertz CT molecular complexity index is 438. The number of anilines is 2. The summed E-state index contributed by atoms with van der Waals surface area (Å²) >= 11 is 0. The van der Waals surface area contributed by atoms with Gasteiger partial charge in [0, 0.05) is 13.2 Å². The molecule has 0 aromatic heterocycles. The Morgan fingerprint density at radius 1 is 1.50 bits per heavy atom. The van der Waals surface area contributed by atoms with Gasteiger partial charge in [0.25, 0.3) is 0 Å². The Labute approximate surface area is 105 Å². The molecule has 0 unspecified atom stereocenters. The molecule has 0 fully saturated rings. The molecular formula is C12H17FN2O3. The Kier molecular flexibility index (Phi) is 4.91. The van der Waals surface area contributed by atoms with Gasteiger partial charge in [-0.2, -0.15) is 0 Å². The Hall–Kier alpha value is -1.82. The Balaban J connectivity index is 2.95. The number of benzene rings is 1. The van der Waals surface area contributed by atoms with Gasteiger partial charge in [-0.15, -0.1) is 0 Å². The van der Waals surface area contributed by atoms with E-state index in [9.17, 15) is 9.18 Å². The van der Waals surface area contributed by atoms with Crippen LogP contribution >= 0.6 is 0 Å². The molecule has 0 saturated heterocycles. The van der Waals surface area contributed by atoms with Crippen LogP contribution in [0.15, 0.2) is 12.1 Å². The van der Waals surface area contributed by atoms with Gasteiger partial charge in [0.1, 0.15) is 11.5 Å². The highest BCUT2D eigenvalue weighted by Crippen LogP contribution is 2.27. The first-order valence-electron chi connectivity index (χ1n) is 5.59. The van der Waals surface area contributed by atoms with Crippen molar-refractivity contribution in [1.82, 2.24) is 0 Å². The smallest absolute Gasteiger partial charge is 0.409 e. The van der Waals surface area contributed by atoms with Crippen molar-refractivity contribution in [3.63, 3.8) is 0 Å². The maximum absolute atomic E-state index is 13.7. The summed E-state index contributed by atoms with van der Waals surface area (Å²) in [6, 6.07) is 2.91. The lowest BCUT2D eigenvalue weighted by molar-refractivity contribution is 0.209. The molecule has 18 heavy (non-hydrogen) atoms. The highest BCUT2D eigenvalue weighted by molar-refractivity contribution is 5.88. The van der Waals surface area contributed by atoms with Crippen LogP contribution in [0.2, 0.25) is 0 Å². The normalized spacial score (nSPS) is 12.0. The molecule has 0 radical (unpaired) electrons. The first-order valence-corrected chi connectivity index (χ1v) is 5.59. The average Bonchev–Trinajstić information content (AvgIpc) is 2.29. The SMILES string of the molecule is Cc1cc(F)c(NC(=O)O)c(NC[C@@H](C)CO)c1. The molecular weight excluding hydrogens is 239 g/mol. The van der Waals surface area contributed by atoms with Crippen molar-refractivity contribution in [2.45, 2.75) is 13.8 Å². The molecule has 0 bridgehead atoms. The van der Waals surface area contributed by atoms with Gasteiger partial charge in [-0.1, -0.05) is 6.92 Å². The number of halogens is 1. The Morgan fingerprint density at radius 2 is 2.17 bits per heavy atom. The number of aryl methyl sites for hydroxylation is 1. The number of aliphatic hydroxyl groups excluding tert-OH is 1. The monoisotopic (exact) mass is 256 g/mol. The van der Waals surface area contributed by atoms with Gasteiger partial charge < -0.3 is 15.5 Å². The van der Waals surface area contributed by atoms with Crippen LogP contribution in [0.3, 0.4) is 0 Å². The molecule has 0 aliphatic rings. The number of carbonyl (C=O) groups is 1. The number of carboxylic acid groups (broad SMARTS) is 1. The maximum atomic E-state index is 13.7. The minimum atomic E-state index is -1.32. The molecule has 0 aliphatic carbocycles. The van der Waals surface area contributed by atoms with E-state index < -0.39 is 11.9 Å². The summed E-state index contributed by atoms with van der Waals surface area (Å²) in [4.78, 5) is 10.6. The quantitative estimate of drug-likeness (QED) is 0.651. The van der Waals surface area contributed by atoms with Crippen LogP contribution in [0.4, 0.5) is 20.6 Å². The average molecular weight is 256 g/mol. The number of hydrogen-bond acceptors (Lipinski definition) is 3. The molecule has 1 aromatic carbocycles. The molecule has 0 aliphatic heterocycles. The highest BCUT2D eigenvalue weighted by atomic mass is 19.1. The van der Waals surface area contributed by atoms with Crippen molar-refractivity contribution >= 4 is 17.5 Å². The van der Waals surface area contributed by atoms with E-state index in [0.717, 1.165) is 0 Å². The van der Waals surface area contributed by atoms with Gasteiger partial charge >= 0.3 is 6.09 Å². The molecule has 5 nitrogen and oxygen atoms in total. The standard InChI is InChI=1S/C12H17FN2O3/c1-7-3-9(13)11(15-12(17)18)10(4-7)14-5-8(2)6-16/h3-4,8,14-16H,5-6H2,1-2H3,(H,17,18)/t8-/m1/s1. The van der Waals surface area contributed by atoms with Crippen molar-refractivity contribution in [2.24, 2.45) is 5.92 Å². The summed E-state index contributed by atoms with van der Waals surface area (Å²) in [5.74, 6) is -0.636. The first kappa shape index (κ1) is 14.2. The van der Waals surface area contributed by atoms with Gasteiger partial charge in [-0.3, -0.25) is 5.32 Å². The summed E-state index contributed by atoms with van der Waals surface area (Å²) < 4.78 is 13.7. The number of rotatable bonds is 5. The largest absolute Gasteiger partial charge is 0.465 e. The van der Waals surface area contributed by atoms with Crippen molar-refractivity contribution < 1.29 is 19.4 Å². The summed E-state index contributed by atoms with van der Waals surface area (Å²) in [7, 11) is 0. The summed E-state index contributed by atoms with van der Waals surface area (Å²) in [5, 5.41) is 22.5. The van der Waals surface area contributed by atoms with E-state index in [1.165, 1.54) is 6.07 Å². The fourth-order valence-corrected chi connectivity index (χ4v) is 1.46. The number of aliphatic hydroxyl groups is 1. The van der Waals surface area contributed by atoms with E-state index in [-0.39, 0.29) is 18.2 Å². The molecule has 1 atom stereocenters. The molecule has 0 saturated carbocycles. The van der Waals surface area contributed by atoms with E-state index in [0.29, 0.717) is 17.8 Å². The molecule has 6 heteroatoms. The number of amides is 1. The van der Waals surface area contributed by atoms with Crippen LogP contribution in [-0.4, -0.2) is 29.5 Å². The minimum Gasteiger partial charge on any atom is -0.465 e. The predicted molar refractivity (Wildman–Crippen MR) is 67.5 cm³/mol. The van der Waals surface area contributed by atoms with Crippen LogP contribution in [0, 0.1) is 18.7 Å². The molecule has 0 spiro atoms. The van der Waals surface area contributed by atoms with Gasteiger partial charge in [-0.25, -0.2) is 9.18 Å². The molecule has 1 amide bonds. The fourth-order valence-electron chi connectivity index (χ4n) is 1.46. The van der Waals surface area contributed by atoms with Crippen LogP contribution in [0.5, 0.6) is 0 Å². The third kappa shape index (κ3) is 3.89. The topological polar surface area (TPSA) is 81.6 Å². The molecule has 4 N–H and O–H groups in total. The van der Waals surface area contributed by atoms with Gasteiger partial charge in [-0.05, 0) is 30.5 Å². The number of hydrogen-bond donors (Lipinski definition) is 4. The lowest BCUT2D eigenvalue weighted by Crippen LogP contribution is -2.17. The minimum absolute atomic E-state index is 0.00297. The fraction of sp³-hybridized carbons (Fsp3) is 0.417. The maximum Gasteiger partial charge on any atom is 0.409 e. The summed E-state index contributed by atoms with van der Waals surface area (Å²) in [5.41, 5.74) is 0.955. The highest BCUT2D eigenvalue weighted by Gasteiger charge is 2.13. The zero-order chi connectivity index (χ0) is 13.7. The van der Waals surface area contributed by atoms with Crippen LogP contribution in [0.1, 0.15) is 12.5 Å². The van der Waals surface area contributed by atoms with Crippen LogP contribution < -0.4 is 10.6 Å². The van der Waals surface area contributed by atoms with E-state index in [4.69, 9.17) is 10.2 Å². The first-order chi connectivity index (χ1) is 8.43. The summed E-state index contributed by atoms with van der Waals surface area (Å²) in [6.45, 7) is 3.97. The van der Waals surface area contributed by atoms with Crippen molar-refractivity contribution in [2.75, 3.05) is 23.8 Å². The van der Waals surface area contributed by atoms with Gasteiger partial charge in [0.2, 0.25) is 0 Å². The third-order valence-electron chi connectivity index (χ3n) is 2.42. The second-order valence-electron chi connectivity index (χ2n) is 4.27. The van der Waals surface area contributed by atoms with E-state index >= 15 is 0 Å². The predicted octanol–water partition coefficient (Wildman–Crippen LogP) is 2.26. The Morgan fingerprint density at radius 3 is 2.72 bits per heavy atom. The van der Waals surface area contributed by atoms with Crippen molar-refractivity contribution in [3.8, 4) is 0 Å². The molecule has 1 aromatic rings. The van der Waals surface area contributed by atoms with E-state index in [1.54, 1.807) is 13.0 Å². The zero-order valence-corrected chi connectivity index (χ0v) is 10.3. The second kappa shape index (κ2) is 6.20. The van der Waals surface area contributed by atoms with Crippen LogP contribution in [-0.2, 0) is 0 Å². The van der Waals surface area contributed by atoms with Crippen molar-refractivity contribution in [3.05, 3.63) is 23.5 Å². The van der Waals surface area contributed by atoms with E-state index in [2.05, 4.69) is 5.32 Å². The second-order valence-corrected chi connectivity index (χ2v) is 4.27. The van der Waals surface area contributed by atoms with Crippen molar-refractivity contribution in [1.29, 1.82) is 0 Å². The number of nitrogens with one attached hydrogen (secondary N) is 2. The summed E-state index contributed by atoms with van der Waals surface area (Å²) in [6.07, 6.45) is -1.32. The zero-order valence-electron chi connectivity index (χ0n) is 10.3. The van der Waals surface area contributed by atoms with E-state index in [1.807, 2.05) is 12.2 Å². The molecule has 1 rings (SSSR count). The van der Waals surface area contributed by atoms with Crippen LogP contribution in [0.25, 0.3) is 0 Å². The molecule has 0 heterocycles. The lowest BCUT2D eigenvalue weighted by Gasteiger charge is -2.16. The van der Waals surface area contributed by atoms with Gasteiger partial charge in [0.15, 0.2) is 0 Å². The third-order valence-corrected chi connectivity index (χ3v) is 2.42.